The van der Waals surface area contributed by atoms with Crippen molar-refractivity contribution >= 4 is 41.3 Å². The molecule has 32 heavy (non-hydrogen) atoms. The lowest BCUT2D eigenvalue weighted by atomic mass is 10.2. The number of aryl methyl sites for hydroxylation is 2. The summed E-state index contributed by atoms with van der Waals surface area (Å²) in [7, 11) is 1.67. The van der Waals surface area contributed by atoms with E-state index in [1.54, 1.807) is 18.4 Å². The SMILES string of the molecule is CCNC(=NCc1ccc(OCCN(CC)CC)c(OC)c1)NCc1nc(C)c(C)s1.I. The minimum absolute atomic E-state index is 0. The van der Waals surface area contributed by atoms with Crippen molar-refractivity contribution < 1.29 is 9.47 Å². The molecule has 9 heteroatoms. The Kier molecular flexibility index (Phi) is 13.6. The van der Waals surface area contributed by atoms with E-state index in [0.29, 0.717) is 19.7 Å². The fourth-order valence-electron chi connectivity index (χ4n) is 3.04. The molecular weight excluding hydrogens is 537 g/mol. The predicted molar refractivity (Wildman–Crippen MR) is 145 cm³/mol. The summed E-state index contributed by atoms with van der Waals surface area (Å²) in [6.07, 6.45) is 0. The first-order valence-corrected chi connectivity index (χ1v) is 11.8. The van der Waals surface area contributed by atoms with Gasteiger partial charge in [0, 0.05) is 18.0 Å². The summed E-state index contributed by atoms with van der Waals surface area (Å²) in [6, 6.07) is 6.00. The van der Waals surface area contributed by atoms with E-state index in [1.165, 1.54) is 4.88 Å². The van der Waals surface area contributed by atoms with Gasteiger partial charge in [0.25, 0.3) is 0 Å². The normalized spacial score (nSPS) is 11.3. The Morgan fingerprint density at radius 2 is 1.88 bits per heavy atom. The van der Waals surface area contributed by atoms with Gasteiger partial charge in [0.1, 0.15) is 11.6 Å². The molecule has 1 aromatic carbocycles. The maximum Gasteiger partial charge on any atom is 0.191 e. The molecule has 0 spiro atoms. The lowest BCUT2D eigenvalue weighted by Crippen LogP contribution is -2.36. The Hall–Kier alpha value is -1.59. The van der Waals surface area contributed by atoms with Crippen LogP contribution >= 0.6 is 35.3 Å². The summed E-state index contributed by atoms with van der Waals surface area (Å²) in [5.41, 5.74) is 2.15. The van der Waals surface area contributed by atoms with Crippen LogP contribution in [-0.2, 0) is 13.1 Å². The van der Waals surface area contributed by atoms with Gasteiger partial charge in [-0.3, -0.25) is 0 Å². The number of rotatable bonds is 12. The third kappa shape index (κ3) is 9.11. The maximum atomic E-state index is 5.95. The van der Waals surface area contributed by atoms with Crippen molar-refractivity contribution in [3.05, 3.63) is 39.3 Å². The van der Waals surface area contributed by atoms with Gasteiger partial charge >= 0.3 is 0 Å². The quantitative estimate of drug-likeness (QED) is 0.223. The molecule has 0 aliphatic carbocycles. The van der Waals surface area contributed by atoms with Crippen LogP contribution in [0.3, 0.4) is 0 Å². The molecule has 2 aromatic rings. The van der Waals surface area contributed by atoms with E-state index in [1.807, 2.05) is 25.1 Å². The molecule has 7 nitrogen and oxygen atoms in total. The topological polar surface area (TPSA) is 71.0 Å². The van der Waals surface area contributed by atoms with E-state index in [-0.39, 0.29) is 24.0 Å². The van der Waals surface area contributed by atoms with Gasteiger partial charge in [0.15, 0.2) is 17.5 Å². The third-order valence-electron chi connectivity index (χ3n) is 5.03. The summed E-state index contributed by atoms with van der Waals surface area (Å²) in [5, 5.41) is 7.72. The monoisotopic (exact) mass is 575 g/mol. The van der Waals surface area contributed by atoms with Gasteiger partial charge in [-0.15, -0.1) is 35.3 Å². The fourth-order valence-corrected chi connectivity index (χ4v) is 3.91. The molecule has 1 aromatic heterocycles. The number of halogens is 1. The smallest absolute Gasteiger partial charge is 0.191 e. The molecule has 2 N–H and O–H groups in total. The van der Waals surface area contributed by atoms with E-state index >= 15 is 0 Å². The highest BCUT2D eigenvalue weighted by Crippen LogP contribution is 2.28. The van der Waals surface area contributed by atoms with E-state index in [0.717, 1.165) is 59.9 Å². The molecule has 0 radical (unpaired) electrons. The molecule has 0 saturated carbocycles. The highest BCUT2D eigenvalue weighted by Gasteiger charge is 2.08. The Bertz CT molecular complexity index is 820. The highest BCUT2D eigenvalue weighted by atomic mass is 127. The summed E-state index contributed by atoms with van der Waals surface area (Å²) < 4.78 is 11.5. The number of thiazole rings is 1. The van der Waals surface area contributed by atoms with Crippen LogP contribution in [-0.4, -0.2) is 55.7 Å². The van der Waals surface area contributed by atoms with Crippen molar-refractivity contribution in [2.75, 3.05) is 39.9 Å². The number of nitrogens with zero attached hydrogens (tertiary/aromatic N) is 3. The number of ether oxygens (including phenoxy) is 2. The molecule has 0 atom stereocenters. The highest BCUT2D eigenvalue weighted by molar-refractivity contribution is 14.0. The molecule has 180 valence electrons. The van der Waals surface area contributed by atoms with Gasteiger partial charge in [-0.2, -0.15) is 0 Å². The number of aliphatic imine (C=N–C) groups is 1. The molecule has 0 saturated heterocycles. The summed E-state index contributed by atoms with van der Waals surface area (Å²) >= 11 is 1.72. The zero-order chi connectivity index (χ0) is 22.6. The Morgan fingerprint density at radius 3 is 2.47 bits per heavy atom. The fraction of sp³-hybridized carbons (Fsp3) is 0.565. The summed E-state index contributed by atoms with van der Waals surface area (Å²) in [5.74, 6) is 2.27. The number of guanidine groups is 1. The molecule has 0 bridgehead atoms. The summed E-state index contributed by atoms with van der Waals surface area (Å²) in [4.78, 5) is 12.9. The first kappa shape index (κ1) is 28.4. The van der Waals surface area contributed by atoms with Crippen LogP contribution in [0, 0.1) is 13.8 Å². The van der Waals surface area contributed by atoms with Crippen LogP contribution in [0.25, 0.3) is 0 Å². The Labute approximate surface area is 214 Å². The van der Waals surface area contributed by atoms with Crippen molar-refractivity contribution in [2.45, 2.75) is 47.7 Å². The lowest BCUT2D eigenvalue weighted by molar-refractivity contribution is 0.217. The number of hydrogen-bond donors (Lipinski definition) is 2. The standard InChI is InChI=1S/C23H37N5O2S.HI/c1-7-24-23(26-16-22-27-17(4)18(5)31-22)25-15-19-10-11-20(21(14-19)29-6)30-13-12-28(8-2)9-3;/h10-11,14H,7-9,12-13,15-16H2,1-6H3,(H2,24,25,26);1H. The van der Waals surface area contributed by atoms with Crippen LogP contribution in [0.5, 0.6) is 11.5 Å². The van der Waals surface area contributed by atoms with Gasteiger partial charge in [-0.25, -0.2) is 9.98 Å². The molecule has 0 unspecified atom stereocenters. The minimum Gasteiger partial charge on any atom is -0.493 e. The zero-order valence-electron chi connectivity index (χ0n) is 20.2. The van der Waals surface area contributed by atoms with Crippen molar-refractivity contribution in [1.82, 2.24) is 20.5 Å². The molecule has 0 fully saturated rings. The number of likely N-dealkylation sites (N-methyl/N-ethyl adjacent to an activating group) is 1. The second-order valence-corrected chi connectivity index (χ2v) is 8.45. The van der Waals surface area contributed by atoms with Crippen molar-refractivity contribution in [3.63, 3.8) is 0 Å². The van der Waals surface area contributed by atoms with E-state index < -0.39 is 0 Å². The van der Waals surface area contributed by atoms with Crippen molar-refractivity contribution in [3.8, 4) is 11.5 Å². The third-order valence-corrected chi connectivity index (χ3v) is 6.10. The molecular formula is C23H38IN5O2S. The van der Waals surface area contributed by atoms with Crippen LogP contribution in [0.4, 0.5) is 0 Å². The Balaban J connectivity index is 0.00000512. The Morgan fingerprint density at radius 1 is 1.12 bits per heavy atom. The average molecular weight is 576 g/mol. The minimum atomic E-state index is 0. The number of hydrogen-bond acceptors (Lipinski definition) is 6. The number of aromatic nitrogens is 1. The first-order chi connectivity index (χ1) is 15.0. The molecule has 0 aliphatic rings. The van der Waals surface area contributed by atoms with Gasteiger partial charge in [0.2, 0.25) is 0 Å². The van der Waals surface area contributed by atoms with Crippen molar-refractivity contribution in [1.29, 1.82) is 0 Å². The molecule has 1 heterocycles. The van der Waals surface area contributed by atoms with Gasteiger partial charge < -0.3 is 25.0 Å². The van der Waals surface area contributed by atoms with Crippen LogP contribution in [0.15, 0.2) is 23.2 Å². The largest absolute Gasteiger partial charge is 0.493 e. The molecule has 0 amide bonds. The molecule has 2 rings (SSSR count). The maximum absolute atomic E-state index is 5.95. The van der Waals surface area contributed by atoms with E-state index in [4.69, 9.17) is 14.5 Å². The van der Waals surface area contributed by atoms with Gasteiger partial charge in [-0.1, -0.05) is 19.9 Å². The van der Waals surface area contributed by atoms with Gasteiger partial charge in [0.05, 0.1) is 25.9 Å². The van der Waals surface area contributed by atoms with Gasteiger partial charge in [-0.05, 0) is 51.6 Å². The number of methoxy groups -OCH3 is 1. The second-order valence-electron chi connectivity index (χ2n) is 7.16. The van der Waals surface area contributed by atoms with Crippen LogP contribution < -0.4 is 20.1 Å². The van der Waals surface area contributed by atoms with Crippen LogP contribution in [0.1, 0.15) is 41.9 Å². The first-order valence-electron chi connectivity index (χ1n) is 11.0. The average Bonchev–Trinajstić information content (AvgIpc) is 3.10. The summed E-state index contributed by atoms with van der Waals surface area (Å²) in [6.45, 7) is 16.1. The lowest BCUT2D eigenvalue weighted by Gasteiger charge is -2.19. The van der Waals surface area contributed by atoms with E-state index in [2.05, 4.69) is 48.2 Å². The number of benzene rings is 1. The van der Waals surface area contributed by atoms with E-state index in [9.17, 15) is 0 Å². The second kappa shape index (κ2) is 15.3. The molecule has 0 aliphatic heterocycles. The zero-order valence-corrected chi connectivity index (χ0v) is 23.3. The van der Waals surface area contributed by atoms with Crippen molar-refractivity contribution in [2.24, 2.45) is 4.99 Å². The van der Waals surface area contributed by atoms with Crippen LogP contribution in [0.2, 0.25) is 0 Å². The number of nitrogens with one attached hydrogen (secondary N) is 2. The predicted octanol–water partition coefficient (Wildman–Crippen LogP) is 4.36.